The summed E-state index contributed by atoms with van der Waals surface area (Å²) in [5.74, 6) is 1.83. The van der Waals surface area contributed by atoms with Crippen molar-refractivity contribution in [3.63, 3.8) is 0 Å². The number of hydrogen-bond acceptors (Lipinski definition) is 1. The number of unbranched alkanes of at least 4 members (excludes halogenated alkanes) is 3. The Labute approximate surface area is 93.8 Å². The number of rotatable bonds is 8. The molecule has 1 fully saturated rings. The Kier molecular flexibility index (Phi) is 5.88. The van der Waals surface area contributed by atoms with Crippen molar-refractivity contribution in [2.24, 2.45) is 5.92 Å². The van der Waals surface area contributed by atoms with Crippen LogP contribution in [0.4, 0.5) is 0 Å². The van der Waals surface area contributed by atoms with Gasteiger partial charge in [0.05, 0.1) is 0 Å². The smallest absolute Gasteiger partial charge is 0.0223 e. The molecule has 0 aliphatic heterocycles. The molecule has 0 aromatic carbocycles. The Morgan fingerprint density at radius 1 is 1.21 bits per heavy atom. The van der Waals surface area contributed by atoms with Gasteiger partial charge in [-0.15, -0.1) is 11.6 Å². The Bertz CT molecular complexity index is 145. The molecule has 84 valence electrons. The molecule has 1 unspecified atom stereocenters. The molecule has 1 rings (SSSR count). The van der Waals surface area contributed by atoms with Crippen molar-refractivity contribution in [1.82, 2.24) is 4.90 Å². The lowest BCUT2D eigenvalue weighted by Crippen LogP contribution is -2.31. The third-order valence-corrected chi connectivity index (χ3v) is 3.66. The third kappa shape index (κ3) is 4.65. The highest BCUT2D eigenvalue weighted by molar-refractivity contribution is 6.17. The van der Waals surface area contributed by atoms with Crippen molar-refractivity contribution in [1.29, 1.82) is 0 Å². The van der Waals surface area contributed by atoms with E-state index in [2.05, 4.69) is 18.9 Å². The van der Waals surface area contributed by atoms with Crippen LogP contribution in [0, 0.1) is 5.92 Å². The van der Waals surface area contributed by atoms with Gasteiger partial charge in [0, 0.05) is 11.9 Å². The fourth-order valence-electron chi connectivity index (χ4n) is 1.95. The highest BCUT2D eigenvalue weighted by Gasteiger charge is 2.29. The lowest BCUT2D eigenvalue weighted by atomic mass is 10.1. The van der Waals surface area contributed by atoms with Crippen LogP contribution in [-0.2, 0) is 0 Å². The van der Waals surface area contributed by atoms with Crippen LogP contribution in [-0.4, -0.2) is 30.4 Å². The molecule has 0 aromatic heterocycles. The van der Waals surface area contributed by atoms with Crippen LogP contribution in [0.25, 0.3) is 0 Å². The molecule has 1 aliphatic carbocycles. The first kappa shape index (κ1) is 12.3. The molecule has 0 spiro atoms. The fraction of sp³-hybridized carbons (Fsp3) is 1.00. The fourth-order valence-corrected chi connectivity index (χ4v) is 2.14. The molecule has 2 heteroatoms. The molecule has 1 atom stereocenters. The van der Waals surface area contributed by atoms with Crippen LogP contribution < -0.4 is 0 Å². The lowest BCUT2D eigenvalue weighted by Gasteiger charge is -2.24. The summed E-state index contributed by atoms with van der Waals surface area (Å²) < 4.78 is 0. The predicted molar refractivity (Wildman–Crippen MR) is 64.0 cm³/mol. The van der Waals surface area contributed by atoms with Gasteiger partial charge in [-0.1, -0.05) is 12.8 Å². The van der Waals surface area contributed by atoms with Crippen LogP contribution >= 0.6 is 11.6 Å². The summed E-state index contributed by atoms with van der Waals surface area (Å²) in [6, 6.07) is 0.808. The number of alkyl halides is 1. The first-order valence-corrected chi connectivity index (χ1v) is 6.55. The number of nitrogens with zero attached hydrogens (tertiary/aromatic N) is 1. The van der Waals surface area contributed by atoms with E-state index in [1.807, 2.05) is 0 Å². The summed E-state index contributed by atoms with van der Waals surface area (Å²) >= 11 is 5.63. The van der Waals surface area contributed by atoms with Crippen molar-refractivity contribution in [3.05, 3.63) is 0 Å². The Morgan fingerprint density at radius 2 is 1.86 bits per heavy atom. The molecule has 1 nitrogen and oxygen atoms in total. The van der Waals surface area contributed by atoms with Crippen molar-refractivity contribution in [2.45, 2.75) is 51.5 Å². The first-order valence-electron chi connectivity index (χ1n) is 6.02. The second kappa shape index (κ2) is 6.68. The van der Waals surface area contributed by atoms with Gasteiger partial charge in [0.15, 0.2) is 0 Å². The van der Waals surface area contributed by atoms with Gasteiger partial charge < -0.3 is 4.90 Å². The Hall–Kier alpha value is 0.250. The minimum absolute atomic E-state index is 0.808. The monoisotopic (exact) mass is 217 g/mol. The van der Waals surface area contributed by atoms with Crippen molar-refractivity contribution >= 4 is 11.6 Å². The van der Waals surface area contributed by atoms with Crippen molar-refractivity contribution in [3.8, 4) is 0 Å². The molecule has 0 N–H and O–H groups in total. The van der Waals surface area contributed by atoms with E-state index in [-0.39, 0.29) is 0 Å². The largest absolute Gasteiger partial charge is 0.303 e. The molecule has 1 aliphatic rings. The van der Waals surface area contributed by atoms with E-state index in [4.69, 9.17) is 11.6 Å². The average molecular weight is 218 g/mol. The van der Waals surface area contributed by atoms with Gasteiger partial charge in [-0.05, 0) is 52.1 Å². The van der Waals surface area contributed by atoms with E-state index < -0.39 is 0 Å². The second-order valence-corrected chi connectivity index (χ2v) is 5.04. The molecule has 14 heavy (non-hydrogen) atoms. The van der Waals surface area contributed by atoms with E-state index in [1.165, 1.54) is 45.1 Å². The molecule has 0 radical (unpaired) electrons. The summed E-state index contributed by atoms with van der Waals surface area (Å²) in [4.78, 5) is 2.53. The van der Waals surface area contributed by atoms with E-state index in [0.717, 1.165) is 17.8 Å². The average Bonchev–Trinajstić information content (AvgIpc) is 2.99. The molecular formula is C12H24ClN. The molecule has 0 bridgehead atoms. The number of hydrogen-bond donors (Lipinski definition) is 0. The highest BCUT2D eigenvalue weighted by Crippen LogP contribution is 2.34. The van der Waals surface area contributed by atoms with Gasteiger partial charge in [-0.2, -0.15) is 0 Å². The van der Waals surface area contributed by atoms with Gasteiger partial charge in [0.25, 0.3) is 0 Å². The van der Waals surface area contributed by atoms with Crippen molar-refractivity contribution in [2.75, 3.05) is 19.5 Å². The maximum absolute atomic E-state index is 5.63. The predicted octanol–water partition coefficient (Wildman–Crippen LogP) is 3.52. The van der Waals surface area contributed by atoms with Gasteiger partial charge in [0.1, 0.15) is 0 Å². The van der Waals surface area contributed by atoms with Crippen LogP contribution in [0.1, 0.15) is 45.4 Å². The lowest BCUT2D eigenvalue weighted by molar-refractivity contribution is 0.230. The third-order valence-electron chi connectivity index (χ3n) is 3.39. The molecule has 0 aromatic rings. The SMILES string of the molecule is CC(C1CC1)N(C)CCCCCCCl. The maximum atomic E-state index is 5.63. The maximum Gasteiger partial charge on any atom is 0.0223 e. The Balaban J connectivity index is 1.94. The van der Waals surface area contributed by atoms with Crippen LogP contribution in [0.3, 0.4) is 0 Å². The molecule has 0 amide bonds. The van der Waals surface area contributed by atoms with Crippen molar-refractivity contribution < 1.29 is 0 Å². The normalized spacial score (nSPS) is 18.9. The van der Waals surface area contributed by atoms with E-state index in [1.54, 1.807) is 0 Å². The minimum Gasteiger partial charge on any atom is -0.303 e. The topological polar surface area (TPSA) is 3.24 Å². The summed E-state index contributed by atoms with van der Waals surface area (Å²) in [6.07, 6.45) is 8.08. The minimum atomic E-state index is 0.808. The summed E-state index contributed by atoms with van der Waals surface area (Å²) in [7, 11) is 2.27. The van der Waals surface area contributed by atoms with Crippen LogP contribution in [0.15, 0.2) is 0 Å². The zero-order chi connectivity index (χ0) is 10.4. The number of halogens is 1. The zero-order valence-electron chi connectivity index (χ0n) is 9.64. The molecule has 1 saturated carbocycles. The van der Waals surface area contributed by atoms with Crippen LogP contribution in [0.2, 0.25) is 0 Å². The Morgan fingerprint density at radius 3 is 2.43 bits per heavy atom. The van der Waals surface area contributed by atoms with Crippen LogP contribution in [0.5, 0.6) is 0 Å². The van der Waals surface area contributed by atoms with E-state index >= 15 is 0 Å². The summed E-state index contributed by atoms with van der Waals surface area (Å²) in [5, 5.41) is 0. The standard InChI is InChI=1S/C12H24ClN/c1-11(12-7-8-12)14(2)10-6-4-3-5-9-13/h11-12H,3-10H2,1-2H3. The van der Waals surface area contributed by atoms with Gasteiger partial charge in [0.2, 0.25) is 0 Å². The van der Waals surface area contributed by atoms with Gasteiger partial charge in [-0.3, -0.25) is 0 Å². The molecule has 0 heterocycles. The zero-order valence-corrected chi connectivity index (χ0v) is 10.4. The first-order chi connectivity index (χ1) is 6.75. The van der Waals surface area contributed by atoms with E-state index in [0.29, 0.717) is 0 Å². The van der Waals surface area contributed by atoms with Gasteiger partial charge >= 0.3 is 0 Å². The molecule has 0 saturated heterocycles. The summed E-state index contributed by atoms with van der Waals surface area (Å²) in [5.41, 5.74) is 0. The van der Waals surface area contributed by atoms with Gasteiger partial charge in [-0.25, -0.2) is 0 Å². The molecular weight excluding hydrogens is 194 g/mol. The van der Waals surface area contributed by atoms with E-state index in [9.17, 15) is 0 Å². The highest BCUT2D eigenvalue weighted by atomic mass is 35.5. The summed E-state index contributed by atoms with van der Waals surface area (Å²) in [6.45, 7) is 3.64. The second-order valence-electron chi connectivity index (χ2n) is 4.66. The quantitative estimate of drug-likeness (QED) is 0.444.